The first-order chi connectivity index (χ1) is 12.2. The van der Waals surface area contributed by atoms with Crippen molar-refractivity contribution in [3.63, 3.8) is 0 Å². The Balaban J connectivity index is 1.56. The number of benzene rings is 2. The zero-order valence-electron chi connectivity index (χ0n) is 13.3. The number of carbonyl (C=O) groups is 2. The Hall–Kier alpha value is -3.41. The van der Waals surface area contributed by atoms with E-state index in [1.807, 2.05) is 36.4 Å². The third kappa shape index (κ3) is 2.78. The lowest BCUT2D eigenvalue weighted by molar-refractivity contribution is 0.0792. The second-order valence-corrected chi connectivity index (χ2v) is 5.68. The summed E-state index contributed by atoms with van der Waals surface area (Å²) in [5.74, 6) is 0.0241. The summed E-state index contributed by atoms with van der Waals surface area (Å²) in [5, 5.41) is 2.75. The number of rotatable bonds is 3. The van der Waals surface area contributed by atoms with E-state index in [0.717, 1.165) is 5.69 Å². The van der Waals surface area contributed by atoms with E-state index >= 15 is 0 Å². The van der Waals surface area contributed by atoms with E-state index in [-0.39, 0.29) is 18.3 Å². The number of fused-ring (bicyclic) bond motifs is 1. The minimum absolute atomic E-state index is 0.112. The number of aromatic nitrogens is 2. The Morgan fingerprint density at radius 2 is 1.88 bits per heavy atom. The van der Waals surface area contributed by atoms with Crippen molar-refractivity contribution in [3.05, 3.63) is 78.4 Å². The SMILES string of the molecule is O=C(N[C@H]1COc2ccccc2C1=O)c1cncn1-c1ccccc1. The summed E-state index contributed by atoms with van der Waals surface area (Å²) in [7, 11) is 0. The van der Waals surface area contributed by atoms with Crippen molar-refractivity contribution in [1.29, 1.82) is 0 Å². The van der Waals surface area contributed by atoms with Gasteiger partial charge in [0, 0.05) is 5.69 Å². The van der Waals surface area contributed by atoms with Crippen molar-refractivity contribution in [2.24, 2.45) is 0 Å². The molecule has 1 atom stereocenters. The summed E-state index contributed by atoms with van der Waals surface area (Å²) in [5.41, 5.74) is 1.66. The van der Waals surface area contributed by atoms with Crippen molar-refractivity contribution in [2.75, 3.05) is 6.61 Å². The van der Waals surface area contributed by atoms with Crippen molar-refractivity contribution in [1.82, 2.24) is 14.9 Å². The molecule has 6 heteroatoms. The highest BCUT2D eigenvalue weighted by atomic mass is 16.5. The fourth-order valence-corrected chi connectivity index (χ4v) is 2.83. The van der Waals surface area contributed by atoms with Gasteiger partial charge in [0.2, 0.25) is 0 Å². The lowest BCUT2D eigenvalue weighted by atomic mass is 10.0. The first kappa shape index (κ1) is 15.1. The van der Waals surface area contributed by atoms with Crippen molar-refractivity contribution < 1.29 is 14.3 Å². The van der Waals surface area contributed by atoms with Crippen LogP contribution in [0.1, 0.15) is 20.8 Å². The van der Waals surface area contributed by atoms with Gasteiger partial charge in [0.1, 0.15) is 24.1 Å². The van der Waals surface area contributed by atoms with Crippen LogP contribution in [0.25, 0.3) is 5.69 Å². The quantitative estimate of drug-likeness (QED) is 0.798. The van der Waals surface area contributed by atoms with Crippen molar-refractivity contribution in [2.45, 2.75) is 6.04 Å². The summed E-state index contributed by atoms with van der Waals surface area (Å²) in [6.45, 7) is 0.112. The highest BCUT2D eigenvalue weighted by molar-refractivity contribution is 6.06. The molecule has 1 N–H and O–H groups in total. The fraction of sp³-hybridized carbons (Fsp3) is 0.105. The number of amides is 1. The normalized spacial score (nSPS) is 16.0. The highest BCUT2D eigenvalue weighted by Crippen LogP contribution is 2.24. The van der Waals surface area contributed by atoms with Gasteiger partial charge in [-0.05, 0) is 24.3 Å². The molecule has 6 nitrogen and oxygen atoms in total. The lowest BCUT2D eigenvalue weighted by Crippen LogP contribution is -2.47. The van der Waals surface area contributed by atoms with Gasteiger partial charge in [-0.2, -0.15) is 0 Å². The molecule has 1 aliphatic rings. The molecule has 1 aromatic heterocycles. The van der Waals surface area contributed by atoms with Gasteiger partial charge in [-0.15, -0.1) is 0 Å². The highest BCUT2D eigenvalue weighted by Gasteiger charge is 2.30. The maximum Gasteiger partial charge on any atom is 0.270 e. The van der Waals surface area contributed by atoms with Crippen LogP contribution in [0.2, 0.25) is 0 Å². The fourth-order valence-electron chi connectivity index (χ4n) is 2.83. The first-order valence-electron chi connectivity index (χ1n) is 7.89. The van der Waals surface area contributed by atoms with E-state index in [1.165, 1.54) is 6.20 Å². The molecule has 0 spiro atoms. The van der Waals surface area contributed by atoms with E-state index in [9.17, 15) is 9.59 Å². The number of ketones is 1. The molecule has 124 valence electrons. The maximum atomic E-state index is 12.6. The van der Waals surface area contributed by atoms with E-state index in [0.29, 0.717) is 17.0 Å². The molecular weight excluding hydrogens is 318 g/mol. The van der Waals surface area contributed by atoms with Crippen LogP contribution in [-0.4, -0.2) is 33.9 Å². The lowest BCUT2D eigenvalue weighted by Gasteiger charge is -2.24. The Kier molecular flexibility index (Phi) is 3.78. The number of carbonyl (C=O) groups excluding carboxylic acids is 2. The third-order valence-electron chi connectivity index (χ3n) is 4.09. The number of para-hydroxylation sites is 2. The predicted molar refractivity (Wildman–Crippen MR) is 91.1 cm³/mol. The molecule has 1 amide bonds. The molecule has 3 aromatic rings. The molecule has 0 fully saturated rings. The third-order valence-corrected chi connectivity index (χ3v) is 4.09. The van der Waals surface area contributed by atoms with Crippen LogP contribution >= 0.6 is 0 Å². The van der Waals surface area contributed by atoms with Gasteiger partial charge < -0.3 is 10.1 Å². The van der Waals surface area contributed by atoms with Crippen molar-refractivity contribution >= 4 is 11.7 Å². The van der Waals surface area contributed by atoms with E-state index in [1.54, 1.807) is 29.1 Å². The van der Waals surface area contributed by atoms with Crippen molar-refractivity contribution in [3.8, 4) is 11.4 Å². The van der Waals surface area contributed by atoms with E-state index in [4.69, 9.17) is 4.74 Å². The molecule has 0 saturated carbocycles. The van der Waals surface area contributed by atoms with Crippen LogP contribution < -0.4 is 10.1 Å². The van der Waals surface area contributed by atoms with E-state index in [2.05, 4.69) is 10.3 Å². The molecule has 0 saturated heterocycles. The molecule has 0 aliphatic carbocycles. The molecule has 2 aromatic carbocycles. The van der Waals surface area contributed by atoms with Crippen LogP contribution in [0.4, 0.5) is 0 Å². The first-order valence-corrected chi connectivity index (χ1v) is 7.89. The second-order valence-electron chi connectivity index (χ2n) is 5.68. The molecule has 25 heavy (non-hydrogen) atoms. The molecule has 0 unspecified atom stereocenters. The largest absolute Gasteiger partial charge is 0.490 e. The van der Waals surface area contributed by atoms with Crippen LogP contribution in [0.3, 0.4) is 0 Å². The van der Waals surface area contributed by atoms with Gasteiger partial charge in [-0.1, -0.05) is 30.3 Å². The molecule has 1 aliphatic heterocycles. The standard InChI is InChI=1S/C19H15N3O3/c23-18-14-8-4-5-9-17(14)25-11-15(18)21-19(24)16-10-20-12-22(16)13-6-2-1-3-7-13/h1-10,12,15H,11H2,(H,21,24)/t15-/m0/s1. The van der Waals surface area contributed by atoms with Gasteiger partial charge in [-0.3, -0.25) is 14.2 Å². The molecular formula is C19H15N3O3. The average Bonchev–Trinajstić information content (AvgIpc) is 3.15. The number of ether oxygens (including phenoxy) is 1. The van der Waals surface area contributed by atoms with Crippen LogP contribution in [-0.2, 0) is 0 Å². The van der Waals surface area contributed by atoms with Crippen LogP contribution in [0.5, 0.6) is 5.75 Å². The smallest absolute Gasteiger partial charge is 0.270 e. The monoisotopic (exact) mass is 333 g/mol. The number of Topliss-reactive ketones (excluding diaryl/α,β-unsaturated/α-hetero) is 1. The number of hydrogen-bond donors (Lipinski definition) is 1. The predicted octanol–water partition coefficient (Wildman–Crippen LogP) is 2.25. The topological polar surface area (TPSA) is 73.2 Å². The van der Waals surface area contributed by atoms with Gasteiger partial charge >= 0.3 is 0 Å². The van der Waals surface area contributed by atoms with Gasteiger partial charge in [0.25, 0.3) is 5.91 Å². The van der Waals surface area contributed by atoms with E-state index < -0.39 is 6.04 Å². The summed E-state index contributed by atoms with van der Waals surface area (Å²) >= 11 is 0. The van der Waals surface area contributed by atoms with Crippen LogP contribution in [0, 0.1) is 0 Å². The summed E-state index contributed by atoms with van der Waals surface area (Å²) in [6.07, 6.45) is 3.04. The Morgan fingerprint density at radius 3 is 2.72 bits per heavy atom. The Labute approximate surface area is 144 Å². The van der Waals surface area contributed by atoms with Gasteiger partial charge in [0.05, 0.1) is 18.1 Å². The maximum absolute atomic E-state index is 12.6. The second kappa shape index (κ2) is 6.24. The number of nitrogens with zero attached hydrogens (tertiary/aromatic N) is 2. The number of imidazole rings is 1. The minimum Gasteiger partial charge on any atom is -0.490 e. The van der Waals surface area contributed by atoms with Gasteiger partial charge in [0.15, 0.2) is 5.78 Å². The molecule has 2 heterocycles. The Bertz CT molecular complexity index is 934. The van der Waals surface area contributed by atoms with Crippen LogP contribution in [0.15, 0.2) is 67.1 Å². The Morgan fingerprint density at radius 1 is 1.12 bits per heavy atom. The number of hydrogen-bond acceptors (Lipinski definition) is 4. The molecule has 4 rings (SSSR count). The zero-order chi connectivity index (χ0) is 17.2. The van der Waals surface area contributed by atoms with Gasteiger partial charge in [-0.25, -0.2) is 4.98 Å². The minimum atomic E-state index is -0.721. The summed E-state index contributed by atoms with van der Waals surface area (Å²) in [4.78, 5) is 29.3. The zero-order valence-corrected chi connectivity index (χ0v) is 13.3. The average molecular weight is 333 g/mol. The summed E-state index contributed by atoms with van der Waals surface area (Å²) in [6, 6.07) is 15.7. The molecule has 0 radical (unpaired) electrons. The molecule has 0 bridgehead atoms. The number of nitrogens with one attached hydrogen (secondary N) is 1. The summed E-state index contributed by atoms with van der Waals surface area (Å²) < 4.78 is 7.26.